The number of methoxy groups -OCH3 is 1. The molecule has 1 atom stereocenters. The van der Waals surface area contributed by atoms with E-state index in [4.69, 9.17) is 10.5 Å². The number of hydrogen-bond donors (Lipinski definition) is 2. The van der Waals surface area contributed by atoms with Gasteiger partial charge in [-0.05, 0) is 65.6 Å². The molecule has 1 aliphatic heterocycles. The first-order valence-corrected chi connectivity index (χ1v) is 11.3. The summed E-state index contributed by atoms with van der Waals surface area (Å²) in [6, 6.07) is 21.4. The Balaban J connectivity index is 1.54. The van der Waals surface area contributed by atoms with Crippen LogP contribution in [0.4, 0.5) is 0 Å². The van der Waals surface area contributed by atoms with E-state index < -0.39 is 0 Å². The number of nitrogens with two attached hydrogens (primary N) is 1. The standard InChI is InChI=1S/C28H26N4O2/c1-17-24-13-18(8-9-21(24)16-31-17)22-11-20-6-4-10-30-27(20)25(14-22)28(33)32-26(15-29)19-5-3-7-23(12-19)34-2/h3-14,26H,15-16,29H2,1-2H3,(H,32,33). The van der Waals surface area contributed by atoms with Crippen molar-refractivity contribution in [3.05, 3.63) is 95.2 Å². The second kappa shape index (κ2) is 9.08. The maximum absolute atomic E-state index is 13.5. The van der Waals surface area contributed by atoms with Crippen molar-refractivity contribution in [2.24, 2.45) is 10.7 Å². The van der Waals surface area contributed by atoms with E-state index in [1.54, 1.807) is 13.3 Å². The van der Waals surface area contributed by atoms with Gasteiger partial charge < -0.3 is 15.8 Å². The number of carbonyl (C=O) groups excluding carboxylic acids is 1. The Kier molecular flexibility index (Phi) is 5.82. The first kappa shape index (κ1) is 21.8. The maximum atomic E-state index is 13.5. The summed E-state index contributed by atoms with van der Waals surface area (Å²) < 4.78 is 5.33. The number of hydrogen-bond acceptors (Lipinski definition) is 5. The van der Waals surface area contributed by atoms with Crippen molar-refractivity contribution >= 4 is 22.5 Å². The Bertz CT molecular complexity index is 1430. The molecular formula is C28H26N4O2. The van der Waals surface area contributed by atoms with E-state index in [2.05, 4.69) is 39.6 Å². The fraction of sp³-hybridized carbons (Fsp3) is 0.179. The van der Waals surface area contributed by atoms with Crippen LogP contribution in [0.5, 0.6) is 5.75 Å². The predicted octanol–water partition coefficient (Wildman–Crippen LogP) is 4.66. The number of amides is 1. The fourth-order valence-corrected chi connectivity index (χ4v) is 4.42. The van der Waals surface area contributed by atoms with Gasteiger partial charge in [0.25, 0.3) is 5.91 Å². The van der Waals surface area contributed by atoms with Crippen molar-refractivity contribution in [3.8, 4) is 16.9 Å². The molecular weight excluding hydrogens is 424 g/mol. The molecule has 0 saturated heterocycles. The normalized spacial score (nSPS) is 13.3. The monoisotopic (exact) mass is 450 g/mol. The van der Waals surface area contributed by atoms with Crippen molar-refractivity contribution in [2.75, 3.05) is 13.7 Å². The van der Waals surface area contributed by atoms with Gasteiger partial charge in [-0.25, -0.2) is 0 Å². The van der Waals surface area contributed by atoms with Crippen molar-refractivity contribution in [1.82, 2.24) is 10.3 Å². The number of carbonyl (C=O) groups is 1. The van der Waals surface area contributed by atoms with Gasteiger partial charge in [-0.15, -0.1) is 0 Å². The van der Waals surface area contributed by atoms with Gasteiger partial charge in [-0.3, -0.25) is 14.8 Å². The molecule has 3 N–H and O–H groups in total. The van der Waals surface area contributed by atoms with Crippen molar-refractivity contribution in [2.45, 2.75) is 19.5 Å². The highest BCUT2D eigenvalue weighted by Crippen LogP contribution is 2.31. The van der Waals surface area contributed by atoms with Crippen LogP contribution in [-0.4, -0.2) is 30.3 Å². The van der Waals surface area contributed by atoms with Crippen LogP contribution in [0.15, 0.2) is 77.9 Å². The molecule has 6 heteroatoms. The minimum Gasteiger partial charge on any atom is -0.497 e. The molecule has 1 unspecified atom stereocenters. The van der Waals surface area contributed by atoms with Crippen LogP contribution in [0, 0.1) is 0 Å². The van der Waals surface area contributed by atoms with E-state index in [9.17, 15) is 4.79 Å². The molecule has 0 radical (unpaired) electrons. The van der Waals surface area contributed by atoms with Gasteiger partial charge in [0, 0.05) is 29.4 Å². The largest absolute Gasteiger partial charge is 0.497 e. The molecule has 0 saturated carbocycles. The molecule has 1 amide bonds. The minimum absolute atomic E-state index is 0.220. The molecule has 3 aromatic carbocycles. The van der Waals surface area contributed by atoms with Gasteiger partial charge in [0.2, 0.25) is 0 Å². The number of benzene rings is 3. The summed E-state index contributed by atoms with van der Waals surface area (Å²) in [7, 11) is 1.62. The first-order valence-electron chi connectivity index (χ1n) is 11.3. The predicted molar refractivity (Wildman–Crippen MR) is 135 cm³/mol. The number of fused-ring (bicyclic) bond motifs is 2. The number of pyridine rings is 1. The van der Waals surface area contributed by atoms with Crippen LogP contribution in [-0.2, 0) is 6.54 Å². The lowest BCUT2D eigenvalue weighted by Crippen LogP contribution is -2.33. The zero-order chi connectivity index (χ0) is 23.7. The second-order valence-electron chi connectivity index (χ2n) is 8.41. The summed E-state index contributed by atoms with van der Waals surface area (Å²) >= 11 is 0. The molecule has 0 bridgehead atoms. The van der Waals surface area contributed by atoms with E-state index in [0.29, 0.717) is 11.1 Å². The number of aliphatic imine (C=N–C) groups is 1. The molecule has 6 nitrogen and oxygen atoms in total. The molecule has 0 aliphatic carbocycles. The average molecular weight is 451 g/mol. The SMILES string of the molecule is COc1cccc(C(CN)NC(=O)c2cc(-c3ccc4c(c3)C(C)=NC4)cc3cccnc23)c1. The number of aromatic nitrogens is 1. The number of ether oxygens (including phenoxy) is 1. The van der Waals surface area contributed by atoms with E-state index in [1.165, 1.54) is 5.56 Å². The van der Waals surface area contributed by atoms with Gasteiger partial charge in [-0.2, -0.15) is 0 Å². The van der Waals surface area contributed by atoms with Gasteiger partial charge in [0.05, 0.1) is 30.8 Å². The minimum atomic E-state index is -0.358. The third kappa shape index (κ3) is 4.04. The summed E-state index contributed by atoms with van der Waals surface area (Å²) in [5, 5.41) is 4.00. The van der Waals surface area contributed by atoms with Crippen LogP contribution in [0.25, 0.3) is 22.0 Å². The molecule has 0 fully saturated rings. The van der Waals surface area contributed by atoms with Gasteiger partial charge >= 0.3 is 0 Å². The summed E-state index contributed by atoms with van der Waals surface area (Å²) in [6.45, 7) is 3.01. The van der Waals surface area contributed by atoms with Crippen molar-refractivity contribution in [3.63, 3.8) is 0 Å². The third-order valence-corrected chi connectivity index (χ3v) is 6.31. The van der Waals surface area contributed by atoms with E-state index in [1.807, 2.05) is 49.4 Å². The number of rotatable bonds is 6. The molecule has 1 aromatic heterocycles. The second-order valence-corrected chi connectivity index (χ2v) is 8.41. The summed E-state index contributed by atoms with van der Waals surface area (Å²) in [5.41, 5.74) is 13.5. The smallest absolute Gasteiger partial charge is 0.254 e. The van der Waals surface area contributed by atoms with Crippen LogP contribution in [0.1, 0.15) is 40.0 Å². The molecule has 0 spiro atoms. The molecule has 34 heavy (non-hydrogen) atoms. The zero-order valence-corrected chi connectivity index (χ0v) is 19.2. The van der Waals surface area contributed by atoms with Crippen LogP contribution in [0.2, 0.25) is 0 Å². The summed E-state index contributed by atoms with van der Waals surface area (Å²) in [4.78, 5) is 22.6. The molecule has 5 rings (SSSR count). The Morgan fingerprint density at radius 1 is 1.09 bits per heavy atom. The van der Waals surface area contributed by atoms with E-state index >= 15 is 0 Å². The quantitative estimate of drug-likeness (QED) is 0.447. The Hall–Kier alpha value is -4.03. The van der Waals surface area contributed by atoms with Crippen molar-refractivity contribution in [1.29, 1.82) is 0 Å². The van der Waals surface area contributed by atoms with Crippen LogP contribution in [0.3, 0.4) is 0 Å². The topological polar surface area (TPSA) is 89.6 Å². The zero-order valence-electron chi connectivity index (χ0n) is 19.2. The third-order valence-electron chi connectivity index (χ3n) is 6.31. The number of nitrogens with zero attached hydrogens (tertiary/aromatic N) is 2. The molecule has 4 aromatic rings. The Morgan fingerprint density at radius 3 is 2.79 bits per heavy atom. The lowest BCUT2D eigenvalue weighted by Gasteiger charge is -2.19. The summed E-state index contributed by atoms with van der Waals surface area (Å²) in [6.07, 6.45) is 1.70. The van der Waals surface area contributed by atoms with E-state index in [0.717, 1.165) is 45.6 Å². The van der Waals surface area contributed by atoms with Gasteiger partial charge in [-0.1, -0.05) is 30.3 Å². The van der Waals surface area contributed by atoms with E-state index in [-0.39, 0.29) is 18.5 Å². The molecule has 170 valence electrons. The van der Waals surface area contributed by atoms with Gasteiger partial charge in [0.15, 0.2) is 0 Å². The Morgan fingerprint density at radius 2 is 1.97 bits per heavy atom. The molecule has 2 heterocycles. The fourth-order valence-electron chi connectivity index (χ4n) is 4.42. The Labute approximate surface area is 198 Å². The highest BCUT2D eigenvalue weighted by Gasteiger charge is 2.20. The average Bonchev–Trinajstić information content (AvgIpc) is 3.26. The highest BCUT2D eigenvalue weighted by atomic mass is 16.5. The lowest BCUT2D eigenvalue weighted by atomic mass is 9.95. The highest BCUT2D eigenvalue weighted by molar-refractivity contribution is 6.08. The van der Waals surface area contributed by atoms with Crippen molar-refractivity contribution < 1.29 is 9.53 Å². The van der Waals surface area contributed by atoms with Crippen LogP contribution >= 0.6 is 0 Å². The first-order chi connectivity index (χ1) is 16.6. The van der Waals surface area contributed by atoms with Gasteiger partial charge in [0.1, 0.15) is 5.75 Å². The summed E-state index contributed by atoms with van der Waals surface area (Å²) in [5.74, 6) is 0.498. The van der Waals surface area contributed by atoms with Crippen LogP contribution < -0.4 is 15.8 Å². The lowest BCUT2D eigenvalue weighted by molar-refractivity contribution is 0.0939. The maximum Gasteiger partial charge on any atom is 0.254 e. The number of nitrogens with one attached hydrogen (secondary N) is 1. The molecule has 1 aliphatic rings.